The summed E-state index contributed by atoms with van der Waals surface area (Å²) in [5.74, 6) is -2.11. The van der Waals surface area contributed by atoms with E-state index in [0.717, 1.165) is 18.5 Å². The van der Waals surface area contributed by atoms with Gasteiger partial charge in [-0.2, -0.15) is 18.2 Å². The minimum atomic E-state index is -4.69. The summed E-state index contributed by atoms with van der Waals surface area (Å²) < 4.78 is 62.4. The average molecular weight is 427 g/mol. The van der Waals surface area contributed by atoms with Crippen LogP contribution >= 0.6 is 0 Å². The standard InChI is InChI=1S/C21H25F4N3O2/c1-20(2,3)17-11-18(28(27(17)4)12-14-6-5-9-30-14)26-19(29)15-10-13(21(23,24)25)7-8-16(15)22/h7-8,10-11,14H,5-6,9,12H2,1-4H3/b26-18+/t14-/m1/s1. The van der Waals surface area contributed by atoms with E-state index in [2.05, 4.69) is 4.99 Å². The number of aromatic nitrogens is 2. The molecule has 30 heavy (non-hydrogen) atoms. The lowest BCUT2D eigenvalue weighted by Crippen LogP contribution is -2.30. The molecule has 0 aliphatic carbocycles. The van der Waals surface area contributed by atoms with Gasteiger partial charge in [-0.25, -0.2) is 4.39 Å². The number of ether oxygens (including phenoxy) is 1. The maximum atomic E-state index is 14.1. The predicted octanol–water partition coefficient (Wildman–Crippen LogP) is 4.20. The van der Waals surface area contributed by atoms with Crippen LogP contribution in [0.1, 0.15) is 55.2 Å². The van der Waals surface area contributed by atoms with Crippen LogP contribution in [0.3, 0.4) is 0 Å². The highest BCUT2D eigenvalue weighted by Crippen LogP contribution is 2.30. The molecule has 5 nitrogen and oxygen atoms in total. The molecular formula is C21H25F4N3O2. The first kappa shape index (κ1) is 22.3. The van der Waals surface area contributed by atoms with Gasteiger partial charge >= 0.3 is 6.18 Å². The highest BCUT2D eigenvalue weighted by atomic mass is 19.4. The maximum absolute atomic E-state index is 14.1. The van der Waals surface area contributed by atoms with Crippen LogP contribution in [0.5, 0.6) is 0 Å². The first-order chi connectivity index (χ1) is 13.9. The van der Waals surface area contributed by atoms with E-state index in [1.165, 1.54) is 0 Å². The number of hydrogen-bond acceptors (Lipinski definition) is 2. The van der Waals surface area contributed by atoms with Gasteiger partial charge < -0.3 is 4.74 Å². The van der Waals surface area contributed by atoms with E-state index >= 15 is 0 Å². The zero-order chi connectivity index (χ0) is 22.3. The zero-order valence-electron chi connectivity index (χ0n) is 17.4. The molecule has 0 N–H and O–H groups in total. The molecule has 0 unspecified atom stereocenters. The summed E-state index contributed by atoms with van der Waals surface area (Å²) in [7, 11) is 1.82. The third kappa shape index (κ3) is 4.66. The summed E-state index contributed by atoms with van der Waals surface area (Å²) in [5.41, 5.74) is -0.963. The van der Waals surface area contributed by atoms with Crippen molar-refractivity contribution in [3.05, 3.63) is 52.4 Å². The van der Waals surface area contributed by atoms with Crippen LogP contribution in [-0.2, 0) is 29.9 Å². The SMILES string of the molecule is Cn1c(C(C)(C)C)c/c(=N\C(=O)c2cc(C(F)(F)F)ccc2F)n1C[C@H]1CCCO1. The van der Waals surface area contributed by atoms with E-state index in [-0.39, 0.29) is 17.0 Å². The highest BCUT2D eigenvalue weighted by Gasteiger charge is 2.32. The Morgan fingerprint density at radius 2 is 1.93 bits per heavy atom. The van der Waals surface area contributed by atoms with Gasteiger partial charge in [0.05, 0.1) is 23.8 Å². The Labute approximate surface area is 172 Å². The van der Waals surface area contributed by atoms with E-state index < -0.39 is 29.0 Å². The number of nitrogens with zero attached hydrogens (tertiary/aromatic N) is 3. The van der Waals surface area contributed by atoms with E-state index in [0.29, 0.717) is 31.4 Å². The minimum absolute atomic E-state index is 0.0502. The summed E-state index contributed by atoms with van der Waals surface area (Å²) in [6.45, 7) is 7.08. The van der Waals surface area contributed by atoms with Crippen LogP contribution in [-0.4, -0.2) is 28.0 Å². The Hall–Kier alpha value is -2.42. The Morgan fingerprint density at radius 1 is 1.23 bits per heavy atom. The molecule has 3 rings (SSSR count). The molecular weight excluding hydrogens is 402 g/mol. The summed E-state index contributed by atoms with van der Waals surface area (Å²) >= 11 is 0. The molecule has 0 spiro atoms. The van der Waals surface area contributed by atoms with Gasteiger partial charge in [0.2, 0.25) is 0 Å². The van der Waals surface area contributed by atoms with Crippen molar-refractivity contribution in [2.75, 3.05) is 6.61 Å². The number of carbonyl (C=O) groups excluding carboxylic acids is 1. The number of carbonyl (C=O) groups is 1. The second kappa shape index (κ2) is 8.02. The molecule has 1 atom stereocenters. The van der Waals surface area contributed by atoms with Crippen LogP contribution in [0.15, 0.2) is 29.3 Å². The fourth-order valence-electron chi connectivity index (χ4n) is 3.59. The zero-order valence-corrected chi connectivity index (χ0v) is 17.4. The molecule has 1 aromatic heterocycles. The summed E-state index contributed by atoms with van der Waals surface area (Å²) in [6.07, 6.45) is -2.94. The predicted molar refractivity (Wildman–Crippen MR) is 102 cm³/mol. The van der Waals surface area contributed by atoms with Crippen LogP contribution in [0, 0.1) is 5.82 Å². The molecule has 1 saturated heterocycles. The second-order valence-corrected chi connectivity index (χ2v) is 8.49. The second-order valence-electron chi connectivity index (χ2n) is 8.49. The van der Waals surface area contributed by atoms with E-state index in [4.69, 9.17) is 4.74 Å². The van der Waals surface area contributed by atoms with Gasteiger partial charge in [-0.05, 0) is 31.0 Å². The molecule has 0 radical (unpaired) electrons. The van der Waals surface area contributed by atoms with Crippen LogP contribution in [0.4, 0.5) is 17.6 Å². The number of alkyl halides is 3. The summed E-state index contributed by atoms with van der Waals surface area (Å²) in [5, 5.41) is 0. The molecule has 0 saturated carbocycles. The Morgan fingerprint density at radius 3 is 2.50 bits per heavy atom. The number of halogens is 4. The average Bonchev–Trinajstić information content (AvgIpc) is 3.24. The molecule has 9 heteroatoms. The molecule has 2 aromatic rings. The first-order valence-corrected chi connectivity index (χ1v) is 9.72. The number of hydrogen-bond donors (Lipinski definition) is 0. The molecule has 164 valence electrons. The van der Waals surface area contributed by atoms with Crippen molar-refractivity contribution >= 4 is 5.91 Å². The highest BCUT2D eigenvalue weighted by molar-refractivity contribution is 5.95. The van der Waals surface area contributed by atoms with Crippen LogP contribution < -0.4 is 5.49 Å². The topological polar surface area (TPSA) is 48.5 Å². The van der Waals surface area contributed by atoms with Crippen molar-refractivity contribution in [3.63, 3.8) is 0 Å². The Bertz CT molecular complexity index is 1010. The fraction of sp³-hybridized carbons (Fsp3) is 0.524. The minimum Gasteiger partial charge on any atom is -0.376 e. The number of rotatable bonds is 3. The lowest BCUT2D eigenvalue weighted by atomic mass is 9.92. The molecule has 1 aliphatic heterocycles. The lowest BCUT2D eigenvalue weighted by molar-refractivity contribution is -0.137. The number of amides is 1. The molecule has 1 aromatic carbocycles. The molecule has 1 amide bonds. The van der Waals surface area contributed by atoms with Crippen molar-refractivity contribution in [2.24, 2.45) is 12.0 Å². The van der Waals surface area contributed by atoms with E-state index in [9.17, 15) is 22.4 Å². The number of benzene rings is 1. The van der Waals surface area contributed by atoms with Gasteiger partial charge in [0.15, 0.2) is 5.49 Å². The monoisotopic (exact) mass is 427 g/mol. The molecule has 2 heterocycles. The largest absolute Gasteiger partial charge is 0.416 e. The van der Waals surface area contributed by atoms with Gasteiger partial charge in [-0.1, -0.05) is 20.8 Å². The van der Waals surface area contributed by atoms with E-state index in [1.54, 1.807) is 10.7 Å². The molecule has 0 bridgehead atoms. The lowest BCUT2D eigenvalue weighted by Gasteiger charge is -2.21. The van der Waals surface area contributed by atoms with Gasteiger partial charge in [-0.15, -0.1) is 0 Å². The van der Waals surface area contributed by atoms with Gasteiger partial charge in [0, 0.05) is 30.8 Å². The van der Waals surface area contributed by atoms with Gasteiger partial charge in [0.25, 0.3) is 5.91 Å². The Balaban J connectivity index is 2.08. The normalized spacial score (nSPS) is 18.3. The molecule has 1 aliphatic rings. The third-order valence-electron chi connectivity index (χ3n) is 5.15. The van der Waals surface area contributed by atoms with Crippen molar-refractivity contribution < 1.29 is 27.1 Å². The van der Waals surface area contributed by atoms with Crippen molar-refractivity contribution in [1.29, 1.82) is 0 Å². The van der Waals surface area contributed by atoms with Crippen molar-refractivity contribution in [2.45, 2.75) is 57.9 Å². The quantitative estimate of drug-likeness (QED) is 0.690. The van der Waals surface area contributed by atoms with E-state index in [1.807, 2.05) is 32.5 Å². The van der Waals surface area contributed by atoms with Crippen molar-refractivity contribution in [3.8, 4) is 0 Å². The van der Waals surface area contributed by atoms with Gasteiger partial charge in [0.1, 0.15) is 5.82 Å². The van der Waals surface area contributed by atoms with Gasteiger partial charge in [-0.3, -0.25) is 14.2 Å². The smallest absolute Gasteiger partial charge is 0.376 e. The third-order valence-corrected chi connectivity index (χ3v) is 5.15. The molecule has 1 fully saturated rings. The Kier molecular flexibility index (Phi) is 5.95. The summed E-state index contributed by atoms with van der Waals surface area (Å²) in [4.78, 5) is 16.6. The first-order valence-electron chi connectivity index (χ1n) is 9.72. The van der Waals surface area contributed by atoms with Crippen LogP contribution in [0.25, 0.3) is 0 Å². The van der Waals surface area contributed by atoms with Crippen LogP contribution in [0.2, 0.25) is 0 Å². The fourth-order valence-corrected chi connectivity index (χ4v) is 3.59. The maximum Gasteiger partial charge on any atom is 0.416 e. The van der Waals surface area contributed by atoms with Crippen molar-refractivity contribution in [1.82, 2.24) is 9.36 Å². The summed E-state index contributed by atoms with van der Waals surface area (Å²) in [6, 6.07) is 3.44.